The van der Waals surface area contributed by atoms with E-state index in [1.54, 1.807) is 19.1 Å². The van der Waals surface area contributed by atoms with Crippen molar-refractivity contribution in [3.05, 3.63) is 95.6 Å². The zero-order valence-electron chi connectivity index (χ0n) is 17.2. The van der Waals surface area contributed by atoms with Crippen LogP contribution in [0.2, 0.25) is 0 Å². The molecule has 0 aliphatic rings. The number of amides is 1. The number of nitrogens with zero attached hydrogens (tertiary/aromatic N) is 1. The maximum atomic E-state index is 13.4. The van der Waals surface area contributed by atoms with Crippen LogP contribution in [0.25, 0.3) is 0 Å². The molecule has 0 aliphatic heterocycles. The van der Waals surface area contributed by atoms with Crippen LogP contribution in [0.3, 0.4) is 0 Å². The zero-order valence-corrected chi connectivity index (χ0v) is 17.2. The maximum Gasteiger partial charge on any atom is 0.234 e. The summed E-state index contributed by atoms with van der Waals surface area (Å²) in [7, 11) is 5.13. The summed E-state index contributed by atoms with van der Waals surface area (Å²) >= 11 is 0. The molecule has 0 fully saturated rings. The number of hydrogen-bond donors (Lipinski definition) is 0. The van der Waals surface area contributed by atoms with Gasteiger partial charge >= 0.3 is 0 Å². The van der Waals surface area contributed by atoms with Crippen molar-refractivity contribution in [3.63, 3.8) is 0 Å². The number of hydrogen-bond acceptors (Lipinski definition) is 3. The van der Waals surface area contributed by atoms with Crippen LogP contribution in [0.1, 0.15) is 22.6 Å². The number of ether oxygens (including phenoxy) is 2. The summed E-state index contributed by atoms with van der Waals surface area (Å²) in [6.45, 7) is 0.603. The molecule has 29 heavy (non-hydrogen) atoms. The van der Waals surface area contributed by atoms with Gasteiger partial charge in [-0.3, -0.25) is 4.79 Å². The highest BCUT2D eigenvalue weighted by Gasteiger charge is 2.25. The molecule has 0 saturated heterocycles. The predicted octanol–water partition coefficient (Wildman–Crippen LogP) is 4.54. The summed E-state index contributed by atoms with van der Waals surface area (Å²) in [4.78, 5) is 15.2. The van der Waals surface area contributed by atoms with E-state index in [9.17, 15) is 4.79 Å². The van der Waals surface area contributed by atoms with Gasteiger partial charge in [0.2, 0.25) is 5.91 Å². The molecule has 0 heterocycles. The molecule has 0 bridgehead atoms. The van der Waals surface area contributed by atoms with Crippen LogP contribution in [0.4, 0.5) is 0 Å². The van der Waals surface area contributed by atoms with Gasteiger partial charge in [0.1, 0.15) is 11.5 Å². The Hall–Kier alpha value is -3.27. The van der Waals surface area contributed by atoms with Crippen LogP contribution in [0, 0.1) is 0 Å². The predicted molar refractivity (Wildman–Crippen MR) is 116 cm³/mol. The Morgan fingerprint density at radius 1 is 0.828 bits per heavy atom. The number of methoxy groups -OCH3 is 2. The number of benzene rings is 3. The summed E-state index contributed by atoms with van der Waals surface area (Å²) in [5.41, 5.74) is 3.06. The van der Waals surface area contributed by atoms with Crippen LogP contribution in [-0.2, 0) is 11.2 Å². The van der Waals surface area contributed by atoms with Gasteiger partial charge in [0, 0.05) is 19.7 Å². The quantitative estimate of drug-likeness (QED) is 0.568. The fraction of sp³-hybridized carbons (Fsp3) is 0.240. The summed E-state index contributed by atoms with van der Waals surface area (Å²) in [5, 5.41) is 0. The van der Waals surface area contributed by atoms with Crippen molar-refractivity contribution < 1.29 is 14.3 Å². The summed E-state index contributed by atoms with van der Waals surface area (Å²) in [6, 6.07) is 25.7. The Labute approximate surface area is 172 Å². The van der Waals surface area contributed by atoms with Crippen molar-refractivity contribution >= 4 is 5.91 Å². The van der Waals surface area contributed by atoms with Crippen molar-refractivity contribution in [3.8, 4) is 11.5 Å². The number of carbonyl (C=O) groups excluding carboxylic acids is 1. The average Bonchev–Trinajstić information content (AvgIpc) is 2.78. The van der Waals surface area contributed by atoms with Crippen molar-refractivity contribution in [2.24, 2.45) is 0 Å². The van der Waals surface area contributed by atoms with Gasteiger partial charge in [0.15, 0.2) is 0 Å². The molecule has 0 radical (unpaired) electrons. The number of rotatable bonds is 8. The molecule has 0 atom stereocenters. The van der Waals surface area contributed by atoms with Crippen LogP contribution in [-0.4, -0.2) is 38.6 Å². The van der Waals surface area contributed by atoms with Crippen molar-refractivity contribution in [1.29, 1.82) is 0 Å². The van der Waals surface area contributed by atoms with Gasteiger partial charge in [0.05, 0.1) is 20.1 Å². The highest BCUT2D eigenvalue weighted by atomic mass is 16.5. The first-order valence-corrected chi connectivity index (χ1v) is 9.69. The van der Waals surface area contributed by atoms with Crippen LogP contribution in [0.5, 0.6) is 11.5 Å². The van der Waals surface area contributed by atoms with Gasteiger partial charge in [-0.2, -0.15) is 0 Å². The topological polar surface area (TPSA) is 38.8 Å². The lowest BCUT2D eigenvalue weighted by Gasteiger charge is -2.25. The highest BCUT2D eigenvalue weighted by Crippen LogP contribution is 2.27. The monoisotopic (exact) mass is 389 g/mol. The lowest BCUT2D eigenvalue weighted by Crippen LogP contribution is -2.34. The molecule has 0 saturated carbocycles. The van der Waals surface area contributed by atoms with Crippen molar-refractivity contribution in [2.75, 3.05) is 27.8 Å². The summed E-state index contributed by atoms with van der Waals surface area (Å²) in [6.07, 6.45) is 0.714. The van der Waals surface area contributed by atoms with Gasteiger partial charge < -0.3 is 14.4 Å². The van der Waals surface area contributed by atoms with Gasteiger partial charge in [0.25, 0.3) is 0 Å². The molecule has 4 heteroatoms. The SMILES string of the molecule is COc1cc(CCN(C)C(=O)C(c2ccccc2)c2ccccc2)cc(OC)c1. The molecule has 150 valence electrons. The van der Waals surface area contributed by atoms with E-state index >= 15 is 0 Å². The largest absolute Gasteiger partial charge is 0.497 e. The fourth-order valence-electron chi connectivity index (χ4n) is 3.41. The molecule has 0 aliphatic carbocycles. The van der Waals surface area contributed by atoms with Gasteiger partial charge in [-0.05, 0) is 35.2 Å². The number of carbonyl (C=O) groups is 1. The van der Waals surface area contributed by atoms with E-state index in [1.807, 2.05) is 85.9 Å². The Bertz CT molecular complexity index is 864. The molecule has 1 amide bonds. The van der Waals surface area contributed by atoms with Crippen molar-refractivity contribution in [2.45, 2.75) is 12.3 Å². The first kappa shape index (κ1) is 20.5. The number of likely N-dealkylation sites (N-methyl/N-ethyl adjacent to an activating group) is 1. The van der Waals surface area contributed by atoms with Crippen LogP contribution in [0.15, 0.2) is 78.9 Å². The Morgan fingerprint density at radius 3 is 1.76 bits per heavy atom. The lowest BCUT2D eigenvalue weighted by atomic mass is 9.90. The van der Waals surface area contributed by atoms with E-state index in [0.717, 1.165) is 28.2 Å². The minimum absolute atomic E-state index is 0.0808. The second-order valence-electron chi connectivity index (χ2n) is 6.99. The van der Waals surface area contributed by atoms with Gasteiger partial charge in [-0.25, -0.2) is 0 Å². The molecule has 3 rings (SSSR count). The third-order valence-corrected chi connectivity index (χ3v) is 5.04. The van der Waals surface area contributed by atoms with E-state index in [0.29, 0.717) is 13.0 Å². The smallest absolute Gasteiger partial charge is 0.234 e. The Kier molecular flexibility index (Phi) is 6.90. The summed E-state index contributed by atoms with van der Waals surface area (Å²) < 4.78 is 10.7. The first-order chi connectivity index (χ1) is 14.1. The van der Waals surface area contributed by atoms with E-state index in [4.69, 9.17) is 9.47 Å². The van der Waals surface area contributed by atoms with E-state index < -0.39 is 0 Å². The molecule has 0 unspecified atom stereocenters. The molecule has 0 spiro atoms. The second-order valence-corrected chi connectivity index (χ2v) is 6.99. The van der Waals surface area contributed by atoms with Crippen LogP contribution >= 0.6 is 0 Å². The molecular weight excluding hydrogens is 362 g/mol. The standard InChI is InChI=1S/C25H27NO3/c1-26(15-14-19-16-22(28-2)18-23(17-19)29-3)25(27)24(20-10-6-4-7-11-20)21-12-8-5-9-13-21/h4-13,16-18,24H,14-15H2,1-3H3. The fourth-order valence-corrected chi connectivity index (χ4v) is 3.41. The first-order valence-electron chi connectivity index (χ1n) is 9.69. The lowest BCUT2D eigenvalue weighted by molar-refractivity contribution is -0.130. The van der Waals surface area contributed by atoms with Crippen LogP contribution < -0.4 is 9.47 Å². The molecule has 0 aromatic heterocycles. The van der Waals surface area contributed by atoms with E-state index in [1.165, 1.54) is 0 Å². The Balaban J connectivity index is 1.78. The Morgan fingerprint density at radius 2 is 1.31 bits per heavy atom. The maximum absolute atomic E-state index is 13.4. The molecule has 3 aromatic carbocycles. The highest BCUT2D eigenvalue weighted by molar-refractivity contribution is 5.87. The van der Waals surface area contributed by atoms with Gasteiger partial charge in [-0.15, -0.1) is 0 Å². The third-order valence-electron chi connectivity index (χ3n) is 5.04. The summed E-state index contributed by atoms with van der Waals surface area (Å²) in [5.74, 6) is 1.26. The third kappa shape index (κ3) is 5.17. The molecular formula is C25H27NO3. The van der Waals surface area contributed by atoms with Crippen molar-refractivity contribution in [1.82, 2.24) is 4.90 Å². The van der Waals surface area contributed by atoms with E-state index in [2.05, 4.69) is 0 Å². The minimum atomic E-state index is -0.317. The average molecular weight is 389 g/mol. The second kappa shape index (κ2) is 9.78. The minimum Gasteiger partial charge on any atom is -0.497 e. The zero-order chi connectivity index (χ0) is 20.6. The molecule has 4 nitrogen and oxygen atoms in total. The molecule has 0 N–H and O–H groups in total. The van der Waals surface area contributed by atoms with E-state index in [-0.39, 0.29) is 11.8 Å². The molecule has 3 aromatic rings. The normalized spacial score (nSPS) is 10.6. The van der Waals surface area contributed by atoms with Gasteiger partial charge in [-0.1, -0.05) is 60.7 Å².